The Morgan fingerprint density at radius 1 is 0.857 bits per heavy atom. The van der Waals surface area contributed by atoms with Gasteiger partial charge in [-0.2, -0.15) is 0 Å². The molecule has 1 aliphatic rings. The number of hydrogen-bond donors (Lipinski definition) is 1. The van der Waals surface area contributed by atoms with E-state index in [0.29, 0.717) is 28.8 Å². The van der Waals surface area contributed by atoms with Crippen molar-refractivity contribution in [2.24, 2.45) is 0 Å². The Kier molecular flexibility index (Phi) is 3.67. The van der Waals surface area contributed by atoms with Gasteiger partial charge in [-0.25, -0.2) is 0 Å². The van der Waals surface area contributed by atoms with Crippen LogP contribution in [0.1, 0.15) is 50.8 Å². The third-order valence-electron chi connectivity index (χ3n) is 3.75. The monoisotopic (exact) mass is 279 g/mol. The van der Waals surface area contributed by atoms with Gasteiger partial charge in [0.15, 0.2) is 11.6 Å². The van der Waals surface area contributed by atoms with Gasteiger partial charge < -0.3 is 5.32 Å². The first-order valence-electron chi connectivity index (χ1n) is 7.24. The molecule has 1 N–H and O–H groups in total. The van der Waals surface area contributed by atoms with Crippen LogP contribution in [0, 0.1) is 0 Å². The summed E-state index contributed by atoms with van der Waals surface area (Å²) in [6.07, 6.45) is 1.07. The van der Waals surface area contributed by atoms with Crippen molar-refractivity contribution in [2.45, 2.75) is 19.9 Å². The Morgan fingerprint density at radius 3 is 2.14 bits per heavy atom. The maximum atomic E-state index is 12.6. The minimum Gasteiger partial charge on any atom is -0.313 e. The van der Waals surface area contributed by atoms with Gasteiger partial charge in [0.05, 0.1) is 0 Å². The van der Waals surface area contributed by atoms with Crippen molar-refractivity contribution in [3.63, 3.8) is 0 Å². The number of hydrogen-bond acceptors (Lipinski definition) is 3. The molecule has 0 unspecified atom stereocenters. The van der Waals surface area contributed by atoms with Crippen molar-refractivity contribution in [1.29, 1.82) is 0 Å². The lowest BCUT2D eigenvalue weighted by molar-refractivity contribution is 0.0979. The first-order chi connectivity index (χ1) is 10.2. The summed E-state index contributed by atoms with van der Waals surface area (Å²) < 4.78 is 0. The third kappa shape index (κ3) is 2.41. The molecule has 0 fully saturated rings. The fourth-order valence-corrected chi connectivity index (χ4v) is 2.67. The van der Waals surface area contributed by atoms with Crippen LogP contribution in [0.5, 0.6) is 0 Å². The molecule has 0 bridgehead atoms. The molecule has 106 valence electrons. The SMILES string of the molecule is CCCNCc1ccc2c(c1)C(=O)c1ccccc1C2=O. The van der Waals surface area contributed by atoms with Gasteiger partial charge in [0, 0.05) is 28.8 Å². The van der Waals surface area contributed by atoms with E-state index in [9.17, 15) is 9.59 Å². The average molecular weight is 279 g/mol. The van der Waals surface area contributed by atoms with Gasteiger partial charge in [-0.05, 0) is 30.7 Å². The maximum absolute atomic E-state index is 12.6. The number of fused-ring (bicyclic) bond motifs is 2. The van der Waals surface area contributed by atoms with Crippen LogP contribution in [-0.2, 0) is 6.54 Å². The lowest BCUT2D eigenvalue weighted by atomic mass is 9.83. The Morgan fingerprint density at radius 2 is 1.48 bits per heavy atom. The van der Waals surface area contributed by atoms with E-state index in [4.69, 9.17) is 0 Å². The second-order valence-electron chi connectivity index (χ2n) is 5.26. The van der Waals surface area contributed by atoms with Gasteiger partial charge in [0.2, 0.25) is 0 Å². The fraction of sp³-hybridized carbons (Fsp3) is 0.222. The number of ketones is 2. The van der Waals surface area contributed by atoms with Gasteiger partial charge in [0.1, 0.15) is 0 Å². The van der Waals surface area contributed by atoms with Crippen molar-refractivity contribution >= 4 is 11.6 Å². The molecule has 0 saturated carbocycles. The summed E-state index contributed by atoms with van der Waals surface area (Å²) in [5.74, 6) is -0.120. The standard InChI is InChI=1S/C18H17NO2/c1-2-9-19-11-12-7-8-15-16(10-12)18(21)14-6-4-3-5-13(14)17(15)20/h3-8,10,19H,2,9,11H2,1H3. The first kappa shape index (κ1) is 13.7. The summed E-state index contributed by atoms with van der Waals surface area (Å²) in [5, 5.41) is 3.31. The van der Waals surface area contributed by atoms with Crippen molar-refractivity contribution < 1.29 is 9.59 Å². The molecule has 0 aliphatic heterocycles. The number of rotatable bonds is 4. The van der Waals surface area contributed by atoms with Crippen LogP contribution in [0.2, 0.25) is 0 Å². The van der Waals surface area contributed by atoms with E-state index < -0.39 is 0 Å². The van der Waals surface area contributed by atoms with Gasteiger partial charge in [0.25, 0.3) is 0 Å². The molecule has 0 amide bonds. The molecule has 0 spiro atoms. The van der Waals surface area contributed by atoms with Crippen molar-refractivity contribution in [1.82, 2.24) is 5.32 Å². The Labute approximate surface area is 124 Å². The molecule has 1 aliphatic carbocycles. The quantitative estimate of drug-likeness (QED) is 0.747. The summed E-state index contributed by atoms with van der Waals surface area (Å²) in [7, 11) is 0. The molecular weight excluding hydrogens is 262 g/mol. The highest BCUT2D eigenvalue weighted by atomic mass is 16.1. The number of nitrogens with one attached hydrogen (secondary N) is 1. The molecule has 3 nitrogen and oxygen atoms in total. The fourth-order valence-electron chi connectivity index (χ4n) is 2.67. The van der Waals surface area contributed by atoms with Gasteiger partial charge in [-0.1, -0.05) is 37.3 Å². The highest BCUT2D eigenvalue weighted by molar-refractivity contribution is 6.28. The Hall–Kier alpha value is -2.26. The molecule has 0 atom stereocenters. The topological polar surface area (TPSA) is 46.2 Å². The zero-order chi connectivity index (χ0) is 14.8. The van der Waals surface area contributed by atoms with Crippen molar-refractivity contribution in [3.05, 3.63) is 70.3 Å². The molecule has 21 heavy (non-hydrogen) atoms. The van der Waals surface area contributed by atoms with E-state index in [1.165, 1.54) is 0 Å². The van der Waals surface area contributed by atoms with Crippen molar-refractivity contribution in [2.75, 3.05) is 6.54 Å². The second kappa shape index (κ2) is 5.62. The largest absolute Gasteiger partial charge is 0.313 e. The summed E-state index contributed by atoms with van der Waals surface area (Å²) in [5.41, 5.74) is 3.08. The summed E-state index contributed by atoms with van der Waals surface area (Å²) in [6, 6.07) is 12.6. The van der Waals surface area contributed by atoms with Crippen LogP contribution in [-0.4, -0.2) is 18.1 Å². The highest BCUT2D eigenvalue weighted by Gasteiger charge is 2.29. The van der Waals surface area contributed by atoms with E-state index in [-0.39, 0.29) is 11.6 Å². The molecule has 0 saturated heterocycles. The molecule has 2 aromatic carbocycles. The summed E-state index contributed by atoms with van der Waals surface area (Å²) in [6.45, 7) is 3.76. The van der Waals surface area contributed by atoms with E-state index >= 15 is 0 Å². The average Bonchev–Trinajstić information content (AvgIpc) is 2.53. The highest BCUT2D eigenvalue weighted by Crippen LogP contribution is 2.27. The van der Waals surface area contributed by atoms with E-state index in [2.05, 4.69) is 12.2 Å². The third-order valence-corrected chi connectivity index (χ3v) is 3.75. The zero-order valence-electron chi connectivity index (χ0n) is 12.0. The normalized spacial score (nSPS) is 13.0. The van der Waals surface area contributed by atoms with Gasteiger partial charge in [-0.3, -0.25) is 9.59 Å². The molecule has 0 heterocycles. The number of carbonyl (C=O) groups excluding carboxylic acids is 2. The molecule has 2 aromatic rings. The Bertz CT molecular complexity index is 719. The summed E-state index contributed by atoms with van der Waals surface area (Å²) >= 11 is 0. The van der Waals surface area contributed by atoms with E-state index in [0.717, 1.165) is 18.5 Å². The second-order valence-corrected chi connectivity index (χ2v) is 5.26. The number of carbonyl (C=O) groups is 2. The van der Waals surface area contributed by atoms with Crippen LogP contribution in [0.4, 0.5) is 0 Å². The van der Waals surface area contributed by atoms with Crippen LogP contribution in [0.15, 0.2) is 42.5 Å². The Balaban J connectivity index is 1.99. The van der Waals surface area contributed by atoms with Crippen LogP contribution >= 0.6 is 0 Å². The molecule has 3 heteroatoms. The van der Waals surface area contributed by atoms with Crippen LogP contribution < -0.4 is 5.32 Å². The molecule has 3 rings (SSSR count). The number of benzene rings is 2. The molecule has 0 aromatic heterocycles. The zero-order valence-corrected chi connectivity index (χ0v) is 12.0. The minimum atomic E-state index is -0.0618. The van der Waals surface area contributed by atoms with Crippen LogP contribution in [0.25, 0.3) is 0 Å². The minimum absolute atomic E-state index is 0.0578. The lowest BCUT2D eigenvalue weighted by Crippen LogP contribution is -2.21. The lowest BCUT2D eigenvalue weighted by Gasteiger charge is -2.18. The molecule has 0 radical (unpaired) electrons. The first-order valence-corrected chi connectivity index (χ1v) is 7.24. The van der Waals surface area contributed by atoms with Gasteiger partial charge >= 0.3 is 0 Å². The van der Waals surface area contributed by atoms with E-state index in [1.807, 2.05) is 12.1 Å². The van der Waals surface area contributed by atoms with Crippen LogP contribution in [0.3, 0.4) is 0 Å². The van der Waals surface area contributed by atoms with Crippen molar-refractivity contribution in [3.8, 4) is 0 Å². The smallest absolute Gasteiger partial charge is 0.194 e. The van der Waals surface area contributed by atoms with Gasteiger partial charge in [-0.15, -0.1) is 0 Å². The predicted octanol–water partition coefficient (Wildman–Crippen LogP) is 2.96. The van der Waals surface area contributed by atoms with E-state index in [1.54, 1.807) is 30.3 Å². The maximum Gasteiger partial charge on any atom is 0.194 e. The predicted molar refractivity (Wildman–Crippen MR) is 81.7 cm³/mol. The molecular formula is C18H17NO2. The summed E-state index contributed by atoms with van der Waals surface area (Å²) in [4.78, 5) is 25.0.